The number of benzene rings is 2. The summed E-state index contributed by atoms with van der Waals surface area (Å²) in [6.45, 7) is 1.96. The molecule has 1 aromatic heterocycles. The van der Waals surface area contributed by atoms with Crippen molar-refractivity contribution >= 4 is 33.7 Å². The topological polar surface area (TPSA) is 54.0 Å². The summed E-state index contributed by atoms with van der Waals surface area (Å²) in [7, 11) is 0. The number of anilines is 1. The lowest BCUT2D eigenvalue weighted by Gasteiger charge is -2.07. The molecule has 0 bridgehead atoms. The number of nitrogens with one attached hydrogen (secondary N) is 2. The number of rotatable bonds is 4. The number of carbonyl (C=O) groups is 1. The van der Waals surface area contributed by atoms with Crippen LogP contribution in [-0.4, -0.2) is 11.0 Å². The molecule has 1 heterocycles. The van der Waals surface area contributed by atoms with Crippen LogP contribution in [0.1, 0.15) is 11.3 Å². The van der Waals surface area contributed by atoms with Gasteiger partial charge in [0.05, 0.1) is 0 Å². The molecule has 0 saturated heterocycles. The molecule has 0 aliphatic rings. The van der Waals surface area contributed by atoms with Gasteiger partial charge in [0, 0.05) is 28.3 Å². The Kier molecular flexibility index (Phi) is 5.81. The first-order valence-electron chi connectivity index (χ1n) is 8.13. The van der Waals surface area contributed by atoms with Gasteiger partial charge in [-0.15, -0.1) is 0 Å². The number of halogens is 1. The van der Waals surface area contributed by atoms with Gasteiger partial charge in [-0.1, -0.05) is 40.2 Å². The van der Waals surface area contributed by atoms with Crippen LogP contribution in [0.25, 0.3) is 17.2 Å². The molecule has 3 rings (SSSR count). The van der Waals surface area contributed by atoms with Gasteiger partial charge in [-0.3, -0.25) is 4.98 Å². The first-order chi connectivity index (χ1) is 12.6. The molecule has 2 aromatic carbocycles. The van der Waals surface area contributed by atoms with Crippen LogP contribution >= 0.6 is 15.9 Å². The van der Waals surface area contributed by atoms with E-state index in [1.165, 1.54) is 0 Å². The molecule has 0 fully saturated rings. The Morgan fingerprint density at radius 2 is 1.73 bits per heavy atom. The number of nitrogens with zero attached hydrogens (tertiary/aromatic N) is 1. The fraction of sp³-hybridized carbons (Fsp3) is 0.0476. The second kappa shape index (κ2) is 8.45. The molecule has 3 aromatic rings. The zero-order chi connectivity index (χ0) is 18.4. The molecule has 0 atom stereocenters. The highest BCUT2D eigenvalue weighted by molar-refractivity contribution is 9.10. The minimum Gasteiger partial charge on any atom is -0.314 e. The molecule has 0 aliphatic carbocycles. The normalized spacial score (nSPS) is 10.7. The van der Waals surface area contributed by atoms with E-state index >= 15 is 0 Å². The standard InChI is InChI=1S/C21H18BrN3O/c1-15-14-18(11-13-23-15)17-4-8-20(9-5-17)25-21(26)24-12-10-16-2-6-19(22)7-3-16/h2-14H,1H3,(H2,24,25,26). The predicted molar refractivity (Wildman–Crippen MR) is 110 cm³/mol. The number of carbonyl (C=O) groups excluding carboxylic acids is 1. The Labute approximate surface area is 161 Å². The second-order valence-electron chi connectivity index (χ2n) is 5.75. The van der Waals surface area contributed by atoms with Gasteiger partial charge in [-0.05, 0) is 66.1 Å². The zero-order valence-electron chi connectivity index (χ0n) is 14.2. The van der Waals surface area contributed by atoms with Gasteiger partial charge in [0.2, 0.25) is 0 Å². The fourth-order valence-corrected chi connectivity index (χ4v) is 2.69. The fourth-order valence-electron chi connectivity index (χ4n) is 2.43. The van der Waals surface area contributed by atoms with Crippen molar-refractivity contribution in [1.29, 1.82) is 0 Å². The van der Waals surface area contributed by atoms with Crippen LogP contribution in [0.2, 0.25) is 0 Å². The van der Waals surface area contributed by atoms with Crippen molar-refractivity contribution < 1.29 is 4.79 Å². The summed E-state index contributed by atoms with van der Waals surface area (Å²) < 4.78 is 1.02. The third-order valence-electron chi connectivity index (χ3n) is 3.73. The summed E-state index contributed by atoms with van der Waals surface area (Å²) in [5, 5.41) is 5.50. The van der Waals surface area contributed by atoms with Crippen molar-refractivity contribution in [2.75, 3.05) is 5.32 Å². The lowest BCUT2D eigenvalue weighted by molar-refractivity contribution is 0.255. The number of urea groups is 1. The number of aryl methyl sites for hydroxylation is 1. The van der Waals surface area contributed by atoms with Gasteiger partial charge in [0.15, 0.2) is 0 Å². The molecule has 0 spiro atoms. The van der Waals surface area contributed by atoms with E-state index in [0.29, 0.717) is 0 Å². The Morgan fingerprint density at radius 3 is 2.42 bits per heavy atom. The molecule has 0 radical (unpaired) electrons. The first kappa shape index (κ1) is 17.9. The summed E-state index contributed by atoms with van der Waals surface area (Å²) in [4.78, 5) is 16.2. The van der Waals surface area contributed by atoms with E-state index in [0.717, 1.165) is 32.5 Å². The van der Waals surface area contributed by atoms with Gasteiger partial charge in [0.1, 0.15) is 0 Å². The summed E-state index contributed by atoms with van der Waals surface area (Å²) in [5.41, 5.74) is 4.89. The number of amides is 2. The Bertz CT molecular complexity index is 919. The van der Waals surface area contributed by atoms with Crippen molar-refractivity contribution in [2.45, 2.75) is 6.92 Å². The molecule has 2 N–H and O–H groups in total. The Hall–Kier alpha value is -2.92. The molecule has 2 amide bonds. The number of pyridine rings is 1. The van der Waals surface area contributed by atoms with Gasteiger partial charge >= 0.3 is 6.03 Å². The average Bonchev–Trinajstić information content (AvgIpc) is 2.64. The quantitative estimate of drug-likeness (QED) is 0.590. The molecule has 5 heteroatoms. The van der Waals surface area contributed by atoms with Crippen molar-refractivity contribution in [3.8, 4) is 11.1 Å². The number of hydrogen-bond acceptors (Lipinski definition) is 2. The smallest absolute Gasteiger partial charge is 0.314 e. The highest BCUT2D eigenvalue weighted by Gasteiger charge is 2.02. The largest absolute Gasteiger partial charge is 0.323 e. The summed E-state index contributed by atoms with van der Waals surface area (Å²) in [5.74, 6) is 0. The molecular weight excluding hydrogens is 390 g/mol. The molecule has 26 heavy (non-hydrogen) atoms. The highest BCUT2D eigenvalue weighted by atomic mass is 79.9. The van der Waals surface area contributed by atoms with E-state index in [-0.39, 0.29) is 6.03 Å². The van der Waals surface area contributed by atoms with Gasteiger partial charge in [-0.25, -0.2) is 4.79 Å². The van der Waals surface area contributed by atoms with E-state index in [2.05, 4.69) is 31.5 Å². The third kappa shape index (κ3) is 5.04. The van der Waals surface area contributed by atoms with Crippen LogP contribution in [-0.2, 0) is 0 Å². The minimum absolute atomic E-state index is 0.286. The van der Waals surface area contributed by atoms with Gasteiger partial charge < -0.3 is 10.6 Å². The van der Waals surface area contributed by atoms with Crippen molar-refractivity contribution in [3.05, 3.63) is 88.8 Å². The average molecular weight is 408 g/mol. The first-order valence-corrected chi connectivity index (χ1v) is 8.92. The van der Waals surface area contributed by atoms with Crippen LogP contribution in [0.4, 0.5) is 10.5 Å². The summed E-state index contributed by atoms with van der Waals surface area (Å²) in [6.07, 6.45) is 5.25. The highest BCUT2D eigenvalue weighted by Crippen LogP contribution is 2.21. The van der Waals surface area contributed by atoms with Crippen LogP contribution in [0.15, 0.2) is 77.5 Å². The second-order valence-corrected chi connectivity index (χ2v) is 6.66. The zero-order valence-corrected chi connectivity index (χ0v) is 15.8. The van der Waals surface area contributed by atoms with E-state index < -0.39 is 0 Å². The van der Waals surface area contributed by atoms with E-state index in [4.69, 9.17) is 0 Å². The van der Waals surface area contributed by atoms with Crippen LogP contribution in [0.5, 0.6) is 0 Å². The lowest BCUT2D eigenvalue weighted by atomic mass is 10.1. The molecule has 4 nitrogen and oxygen atoms in total. The Balaban J connectivity index is 1.56. The summed E-state index contributed by atoms with van der Waals surface area (Å²) in [6, 6.07) is 19.2. The maximum absolute atomic E-state index is 12.0. The molecule has 130 valence electrons. The Morgan fingerprint density at radius 1 is 1.00 bits per heavy atom. The van der Waals surface area contributed by atoms with E-state index in [9.17, 15) is 4.79 Å². The van der Waals surface area contributed by atoms with Crippen LogP contribution in [0.3, 0.4) is 0 Å². The van der Waals surface area contributed by atoms with Gasteiger partial charge in [0.25, 0.3) is 0 Å². The maximum atomic E-state index is 12.0. The molecule has 0 aliphatic heterocycles. The number of aromatic nitrogens is 1. The SMILES string of the molecule is Cc1cc(-c2ccc(NC(=O)NC=Cc3ccc(Br)cc3)cc2)ccn1. The van der Waals surface area contributed by atoms with Crippen molar-refractivity contribution in [2.24, 2.45) is 0 Å². The molecular formula is C21H18BrN3O. The number of hydrogen-bond donors (Lipinski definition) is 2. The van der Waals surface area contributed by atoms with Crippen molar-refractivity contribution in [1.82, 2.24) is 10.3 Å². The van der Waals surface area contributed by atoms with Crippen molar-refractivity contribution in [3.63, 3.8) is 0 Å². The summed E-state index contributed by atoms with van der Waals surface area (Å²) >= 11 is 3.39. The molecule has 0 unspecified atom stereocenters. The van der Waals surface area contributed by atoms with Gasteiger partial charge in [-0.2, -0.15) is 0 Å². The predicted octanol–water partition coefficient (Wildman–Crippen LogP) is 5.61. The lowest BCUT2D eigenvalue weighted by Crippen LogP contribution is -2.23. The molecule has 0 saturated carbocycles. The third-order valence-corrected chi connectivity index (χ3v) is 4.26. The van der Waals surface area contributed by atoms with E-state index in [1.54, 1.807) is 12.4 Å². The van der Waals surface area contributed by atoms with E-state index in [1.807, 2.05) is 73.7 Å². The maximum Gasteiger partial charge on any atom is 0.323 e. The monoisotopic (exact) mass is 407 g/mol. The minimum atomic E-state index is -0.286. The van der Waals surface area contributed by atoms with Crippen LogP contribution < -0.4 is 10.6 Å². The van der Waals surface area contributed by atoms with Crippen LogP contribution in [0, 0.1) is 6.92 Å².